The Morgan fingerprint density at radius 1 is 0.895 bits per heavy atom. The molecule has 0 amide bonds. The molecule has 19 heavy (non-hydrogen) atoms. The first-order chi connectivity index (χ1) is 9.08. The van der Waals surface area contributed by atoms with Gasteiger partial charge in [-0.2, -0.15) is 0 Å². The minimum Gasteiger partial charge on any atom is -0.374 e. The van der Waals surface area contributed by atoms with Crippen LogP contribution >= 0.6 is 0 Å². The van der Waals surface area contributed by atoms with E-state index in [0.717, 1.165) is 10.8 Å². The Morgan fingerprint density at radius 2 is 1.47 bits per heavy atom. The highest BCUT2D eigenvalue weighted by Gasteiger charge is 2.26. The lowest BCUT2D eigenvalue weighted by Gasteiger charge is -2.21. The van der Waals surface area contributed by atoms with E-state index in [4.69, 9.17) is 0 Å². The molecular formula is C16H13NO2. The van der Waals surface area contributed by atoms with Crippen LogP contribution in [0.15, 0.2) is 48.2 Å². The lowest BCUT2D eigenvalue weighted by molar-refractivity contribution is 0.0962. The quantitative estimate of drug-likeness (QED) is 0.782. The van der Waals surface area contributed by atoms with Gasteiger partial charge in [0, 0.05) is 31.3 Å². The predicted molar refractivity (Wildman–Crippen MR) is 74.4 cm³/mol. The fraction of sp³-hybridized carbons (Fsp3) is 0.125. The molecule has 0 radical (unpaired) electrons. The van der Waals surface area contributed by atoms with E-state index in [1.54, 1.807) is 31.1 Å². The number of carbonyl (C=O) groups excluding carboxylic acids is 2. The minimum atomic E-state index is -0.107. The summed E-state index contributed by atoms with van der Waals surface area (Å²) in [5.74, 6) is -0.200. The number of benzene rings is 2. The fourth-order valence-corrected chi connectivity index (χ4v) is 2.37. The van der Waals surface area contributed by atoms with E-state index in [-0.39, 0.29) is 11.6 Å². The number of hydrogen-bond donors (Lipinski definition) is 0. The van der Waals surface area contributed by atoms with Crippen LogP contribution in [0.5, 0.6) is 0 Å². The number of Topliss-reactive ketones (excluding diaryl/α,β-unsaturated/α-hetero) is 1. The van der Waals surface area contributed by atoms with Crippen LogP contribution in [0.4, 0.5) is 0 Å². The maximum Gasteiger partial charge on any atom is 0.209 e. The van der Waals surface area contributed by atoms with Crippen molar-refractivity contribution in [3.63, 3.8) is 0 Å². The molecule has 2 aromatic rings. The molecule has 0 unspecified atom stereocenters. The van der Waals surface area contributed by atoms with Crippen LogP contribution in [0.2, 0.25) is 0 Å². The van der Waals surface area contributed by atoms with Crippen LogP contribution < -0.4 is 0 Å². The second-order valence-corrected chi connectivity index (χ2v) is 4.86. The molecule has 0 fully saturated rings. The number of ketones is 2. The number of rotatable bonds is 1. The van der Waals surface area contributed by atoms with Gasteiger partial charge in [0.25, 0.3) is 0 Å². The second-order valence-electron chi connectivity index (χ2n) is 4.86. The van der Waals surface area contributed by atoms with Gasteiger partial charge in [-0.25, -0.2) is 0 Å². The maximum atomic E-state index is 12.4. The molecule has 3 rings (SSSR count). The standard InChI is InChI=1S/C16H13NO2/c1-17(2)14-9-15(18)12-7-10-5-3-4-6-11(10)8-13(12)16(14)19/h3-9H,1-2H3. The monoisotopic (exact) mass is 251 g/mol. The largest absolute Gasteiger partial charge is 0.374 e. The van der Waals surface area contributed by atoms with Crippen LogP contribution in [0.1, 0.15) is 20.7 Å². The number of carbonyl (C=O) groups is 2. The van der Waals surface area contributed by atoms with Gasteiger partial charge in [0.05, 0.1) is 5.70 Å². The van der Waals surface area contributed by atoms with Gasteiger partial charge in [-0.3, -0.25) is 9.59 Å². The van der Waals surface area contributed by atoms with Gasteiger partial charge in [-0.1, -0.05) is 24.3 Å². The Morgan fingerprint density at radius 3 is 2.05 bits per heavy atom. The van der Waals surface area contributed by atoms with Gasteiger partial charge in [0.2, 0.25) is 5.78 Å². The van der Waals surface area contributed by atoms with Crippen LogP contribution in [0.25, 0.3) is 10.8 Å². The minimum absolute atomic E-state index is 0.0923. The Kier molecular flexibility index (Phi) is 2.49. The van der Waals surface area contributed by atoms with E-state index in [1.165, 1.54) is 6.08 Å². The number of likely N-dealkylation sites (N-methyl/N-ethyl adjacent to an activating group) is 1. The van der Waals surface area contributed by atoms with Crippen molar-refractivity contribution < 1.29 is 9.59 Å². The second kappa shape index (κ2) is 4.05. The van der Waals surface area contributed by atoms with Crippen LogP contribution in [-0.4, -0.2) is 30.6 Å². The number of fused-ring (bicyclic) bond motifs is 2. The van der Waals surface area contributed by atoms with E-state index in [0.29, 0.717) is 16.8 Å². The number of allylic oxidation sites excluding steroid dienone is 2. The Balaban J connectivity index is 2.28. The van der Waals surface area contributed by atoms with E-state index < -0.39 is 0 Å². The van der Waals surface area contributed by atoms with Crippen molar-refractivity contribution in [1.82, 2.24) is 4.90 Å². The Hall–Kier alpha value is -2.42. The van der Waals surface area contributed by atoms with Gasteiger partial charge < -0.3 is 4.90 Å². The Labute approximate surface area is 111 Å². The molecule has 2 aromatic carbocycles. The average molecular weight is 251 g/mol. The zero-order chi connectivity index (χ0) is 13.6. The van der Waals surface area contributed by atoms with Crippen LogP contribution in [0, 0.1) is 0 Å². The summed E-state index contributed by atoms with van der Waals surface area (Å²) in [4.78, 5) is 26.2. The summed E-state index contributed by atoms with van der Waals surface area (Å²) < 4.78 is 0. The Bertz CT molecular complexity index is 741. The highest BCUT2D eigenvalue weighted by atomic mass is 16.1. The maximum absolute atomic E-state index is 12.4. The normalized spacial score (nSPS) is 14.3. The van der Waals surface area contributed by atoms with Gasteiger partial charge in [0.15, 0.2) is 5.78 Å². The van der Waals surface area contributed by atoms with Crippen LogP contribution in [-0.2, 0) is 0 Å². The number of nitrogens with zero attached hydrogens (tertiary/aromatic N) is 1. The average Bonchev–Trinajstić information content (AvgIpc) is 2.41. The molecule has 0 spiro atoms. The number of hydrogen-bond acceptors (Lipinski definition) is 3. The molecule has 0 bridgehead atoms. The van der Waals surface area contributed by atoms with E-state index in [9.17, 15) is 9.59 Å². The highest BCUT2D eigenvalue weighted by molar-refractivity contribution is 6.25. The van der Waals surface area contributed by atoms with Crippen molar-refractivity contribution in [2.24, 2.45) is 0 Å². The molecule has 1 aliphatic carbocycles. The molecule has 0 saturated carbocycles. The first-order valence-corrected chi connectivity index (χ1v) is 6.09. The summed E-state index contributed by atoms with van der Waals surface area (Å²) in [6, 6.07) is 11.3. The molecular weight excluding hydrogens is 238 g/mol. The van der Waals surface area contributed by atoms with Gasteiger partial charge in [-0.15, -0.1) is 0 Å². The summed E-state index contributed by atoms with van der Waals surface area (Å²) in [5.41, 5.74) is 1.43. The molecule has 3 heteroatoms. The topological polar surface area (TPSA) is 37.4 Å². The van der Waals surface area contributed by atoms with Gasteiger partial charge in [-0.05, 0) is 22.9 Å². The highest BCUT2D eigenvalue weighted by Crippen LogP contribution is 2.27. The van der Waals surface area contributed by atoms with E-state index in [2.05, 4.69) is 0 Å². The summed E-state index contributed by atoms with van der Waals surface area (Å²) in [7, 11) is 3.53. The third kappa shape index (κ3) is 1.74. The molecule has 0 N–H and O–H groups in total. The molecule has 0 atom stereocenters. The van der Waals surface area contributed by atoms with Crippen molar-refractivity contribution in [2.45, 2.75) is 0 Å². The van der Waals surface area contributed by atoms with Crippen molar-refractivity contribution in [3.05, 3.63) is 59.3 Å². The molecule has 0 aromatic heterocycles. The summed E-state index contributed by atoms with van der Waals surface area (Å²) in [5, 5.41) is 1.95. The predicted octanol–water partition coefficient (Wildman–Crippen LogP) is 2.66. The molecule has 1 aliphatic rings. The molecule has 0 saturated heterocycles. The van der Waals surface area contributed by atoms with E-state index >= 15 is 0 Å². The molecule has 94 valence electrons. The van der Waals surface area contributed by atoms with E-state index in [1.807, 2.05) is 24.3 Å². The summed E-state index contributed by atoms with van der Waals surface area (Å²) in [6.45, 7) is 0. The lowest BCUT2D eigenvalue weighted by atomic mass is 9.89. The zero-order valence-electron chi connectivity index (χ0n) is 10.8. The smallest absolute Gasteiger partial charge is 0.209 e. The van der Waals surface area contributed by atoms with Crippen molar-refractivity contribution in [3.8, 4) is 0 Å². The van der Waals surface area contributed by atoms with Gasteiger partial charge in [0.1, 0.15) is 0 Å². The summed E-state index contributed by atoms with van der Waals surface area (Å²) in [6.07, 6.45) is 1.42. The first kappa shape index (κ1) is 11.7. The zero-order valence-corrected chi connectivity index (χ0v) is 10.8. The third-order valence-electron chi connectivity index (χ3n) is 3.38. The van der Waals surface area contributed by atoms with Crippen molar-refractivity contribution >= 4 is 22.3 Å². The fourth-order valence-electron chi connectivity index (χ4n) is 2.37. The third-order valence-corrected chi connectivity index (χ3v) is 3.38. The van der Waals surface area contributed by atoms with Crippen molar-refractivity contribution in [1.29, 1.82) is 0 Å². The van der Waals surface area contributed by atoms with Crippen molar-refractivity contribution in [2.75, 3.05) is 14.1 Å². The summed E-state index contributed by atoms with van der Waals surface area (Å²) >= 11 is 0. The first-order valence-electron chi connectivity index (χ1n) is 6.09. The molecule has 0 aliphatic heterocycles. The van der Waals surface area contributed by atoms with Crippen LogP contribution in [0.3, 0.4) is 0 Å². The van der Waals surface area contributed by atoms with Gasteiger partial charge >= 0.3 is 0 Å². The lowest BCUT2D eigenvalue weighted by Crippen LogP contribution is -2.26. The molecule has 3 nitrogen and oxygen atoms in total. The molecule has 0 heterocycles. The SMILES string of the molecule is CN(C)C1=CC(=O)c2cc3ccccc3cc2C1=O.